The minimum absolute atomic E-state index is 0.490. The molecule has 0 saturated carbocycles. The number of benzene rings is 1. The molecule has 2 N–H and O–H groups in total. The van der Waals surface area contributed by atoms with E-state index in [9.17, 15) is 8.42 Å². The van der Waals surface area contributed by atoms with Crippen LogP contribution in [0.25, 0.3) is 10.6 Å². The standard InChI is InChI=1S/C21H27N7O2S2/c1-14-13-23-20(26-18(14)19-15(2)24-21(22-3)31-19)25-16-6-5-7-17(12-16)27-8-10-28(11-9-27)32(4,29)30/h5-7,12-13H,8-11H2,1-4H3,(H,22,24)(H,23,25,26). The summed E-state index contributed by atoms with van der Waals surface area (Å²) in [6.07, 6.45) is 3.08. The third-order valence-corrected chi connectivity index (χ3v) is 7.86. The molecular weight excluding hydrogens is 446 g/mol. The predicted molar refractivity (Wildman–Crippen MR) is 131 cm³/mol. The first-order valence-electron chi connectivity index (χ1n) is 10.3. The molecule has 0 spiro atoms. The van der Waals surface area contributed by atoms with Gasteiger partial charge in [-0.2, -0.15) is 4.31 Å². The van der Waals surface area contributed by atoms with Crippen LogP contribution in [0.15, 0.2) is 30.5 Å². The summed E-state index contributed by atoms with van der Waals surface area (Å²) in [6, 6.07) is 8.01. The molecule has 0 bridgehead atoms. The Morgan fingerprint density at radius 2 is 1.84 bits per heavy atom. The molecule has 4 rings (SSSR count). The molecule has 0 atom stereocenters. The first kappa shape index (κ1) is 22.4. The summed E-state index contributed by atoms with van der Waals surface area (Å²) in [5.74, 6) is 0.517. The van der Waals surface area contributed by atoms with Gasteiger partial charge in [0.15, 0.2) is 5.13 Å². The summed E-state index contributed by atoms with van der Waals surface area (Å²) in [5.41, 5.74) is 4.70. The number of aryl methyl sites for hydroxylation is 2. The van der Waals surface area contributed by atoms with E-state index in [2.05, 4.69) is 25.5 Å². The van der Waals surface area contributed by atoms with E-state index in [4.69, 9.17) is 4.98 Å². The lowest BCUT2D eigenvalue weighted by atomic mass is 10.2. The van der Waals surface area contributed by atoms with Gasteiger partial charge >= 0.3 is 0 Å². The Morgan fingerprint density at radius 1 is 1.09 bits per heavy atom. The second-order valence-corrected chi connectivity index (χ2v) is 10.7. The second-order valence-electron chi connectivity index (χ2n) is 7.73. The largest absolute Gasteiger partial charge is 0.369 e. The summed E-state index contributed by atoms with van der Waals surface area (Å²) in [5, 5.41) is 7.25. The van der Waals surface area contributed by atoms with Gasteiger partial charge in [0, 0.05) is 50.8 Å². The minimum Gasteiger partial charge on any atom is -0.369 e. The van der Waals surface area contributed by atoms with Gasteiger partial charge in [-0.25, -0.2) is 23.4 Å². The van der Waals surface area contributed by atoms with E-state index in [1.807, 2.05) is 51.4 Å². The highest BCUT2D eigenvalue weighted by atomic mass is 32.2. The topological polar surface area (TPSA) is 103 Å². The van der Waals surface area contributed by atoms with Gasteiger partial charge in [0.1, 0.15) is 0 Å². The second kappa shape index (κ2) is 9.00. The molecule has 1 saturated heterocycles. The molecule has 11 heteroatoms. The van der Waals surface area contributed by atoms with Crippen molar-refractivity contribution in [1.29, 1.82) is 0 Å². The lowest BCUT2D eigenvalue weighted by Crippen LogP contribution is -2.48. The lowest BCUT2D eigenvalue weighted by molar-refractivity contribution is 0.388. The van der Waals surface area contributed by atoms with Crippen molar-refractivity contribution in [3.63, 3.8) is 0 Å². The van der Waals surface area contributed by atoms with Crippen molar-refractivity contribution in [2.75, 3.05) is 55.0 Å². The third kappa shape index (κ3) is 4.84. The Bertz CT molecular complexity index is 1220. The maximum atomic E-state index is 11.8. The molecule has 32 heavy (non-hydrogen) atoms. The van der Waals surface area contributed by atoms with Crippen LogP contribution < -0.4 is 15.5 Å². The van der Waals surface area contributed by atoms with Crippen molar-refractivity contribution in [1.82, 2.24) is 19.3 Å². The maximum Gasteiger partial charge on any atom is 0.227 e. The third-order valence-electron chi connectivity index (χ3n) is 5.37. The smallest absolute Gasteiger partial charge is 0.227 e. The number of anilines is 4. The number of sulfonamides is 1. The van der Waals surface area contributed by atoms with E-state index in [-0.39, 0.29) is 0 Å². The monoisotopic (exact) mass is 473 g/mol. The molecule has 1 aromatic carbocycles. The summed E-state index contributed by atoms with van der Waals surface area (Å²) < 4.78 is 25.0. The van der Waals surface area contributed by atoms with Gasteiger partial charge in [0.2, 0.25) is 16.0 Å². The Kier molecular flexibility index (Phi) is 6.31. The number of rotatable bonds is 6. The Hall–Kier alpha value is -2.76. The van der Waals surface area contributed by atoms with Crippen LogP contribution in [0.3, 0.4) is 0 Å². The van der Waals surface area contributed by atoms with Gasteiger partial charge in [0.05, 0.1) is 22.5 Å². The van der Waals surface area contributed by atoms with E-state index in [1.54, 1.807) is 11.3 Å². The SMILES string of the molecule is CNc1nc(C)c(-c2nc(Nc3cccc(N4CCN(S(C)(=O)=O)CC4)c3)ncc2C)s1. The average Bonchev–Trinajstić information content (AvgIpc) is 3.15. The van der Waals surface area contributed by atoms with Gasteiger partial charge in [-0.3, -0.25) is 0 Å². The molecule has 0 unspecified atom stereocenters. The molecule has 3 heterocycles. The van der Waals surface area contributed by atoms with E-state index < -0.39 is 10.0 Å². The summed E-state index contributed by atoms with van der Waals surface area (Å²) in [7, 11) is -1.29. The molecule has 1 aliphatic rings. The quantitative estimate of drug-likeness (QED) is 0.563. The Balaban J connectivity index is 1.52. The lowest BCUT2D eigenvalue weighted by Gasteiger charge is -2.34. The van der Waals surface area contributed by atoms with Crippen LogP contribution in [0.4, 0.5) is 22.5 Å². The number of nitrogens with one attached hydrogen (secondary N) is 2. The summed E-state index contributed by atoms with van der Waals surface area (Å²) >= 11 is 1.57. The molecule has 1 fully saturated rings. The van der Waals surface area contributed by atoms with Gasteiger partial charge in [0.25, 0.3) is 0 Å². The fraction of sp³-hybridized carbons (Fsp3) is 0.381. The van der Waals surface area contributed by atoms with Crippen molar-refractivity contribution < 1.29 is 8.42 Å². The predicted octanol–water partition coefficient (Wildman–Crippen LogP) is 3.08. The highest BCUT2D eigenvalue weighted by Crippen LogP contribution is 2.34. The van der Waals surface area contributed by atoms with Crippen molar-refractivity contribution >= 4 is 43.8 Å². The van der Waals surface area contributed by atoms with Crippen molar-refractivity contribution in [2.24, 2.45) is 0 Å². The van der Waals surface area contributed by atoms with Crippen LogP contribution in [0.2, 0.25) is 0 Å². The van der Waals surface area contributed by atoms with Crippen LogP contribution in [-0.4, -0.2) is 67.2 Å². The van der Waals surface area contributed by atoms with Crippen LogP contribution in [0.1, 0.15) is 11.3 Å². The van der Waals surface area contributed by atoms with Crippen LogP contribution >= 0.6 is 11.3 Å². The zero-order valence-electron chi connectivity index (χ0n) is 18.6. The van der Waals surface area contributed by atoms with Crippen molar-refractivity contribution in [3.8, 4) is 10.6 Å². The highest BCUT2D eigenvalue weighted by Gasteiger charge is 2.23. The number of aromatic nitrogens is 3. The molecule has 1 aliphatic heterocycles. The van der Waals surface area contributed by atoms with Gasteiger partial charge in [-0.05, 0) is 37.6 Å². The molecule has 3 aromatic rings. The number of hydrogen-bond acceptors (Lipinski definition) is 9. The van der Waals surface area contributed by atoms with Gasteiger partial charge in [-0.1, -0.05) is 17.4 Å². The average molecular weight is 474 g/mol. The molecule has 0 aliphatic carbocycles. The summed E-state index contributed by atoms with van der Waals surface area (Å²) in [4.78, 5) is 16.9. The first-order valence-corrected chi connectivity index (χ1v) is 13.0. The maximum absolute atomic E-state index is 11.8. The van der Waals surface area contributed by atoms with E-state index in [0.29, 0.717) is 32.1 Å². The molecular formula is C21H27N7O2S2. The molecule has 0 radical (unpaired) electrons. The first-order chi connectivity index (χ1) is 15.2. The van der Waals surface area contributed by atoms with Crippen LogP contribution in [0.5, 0.6) is 0 Å². The van der Waals surface area contributed by atoms with E-state index >= 15 is 0 Å². The Labute approximate surface area is 192 Å². The molecule has 9 nitrogen and oxygen atoms in total. The van der Waals surface area contributed by atoms with Crippen LogP contribution in [-0.2, 0) is 10.0 Å². The Morgan fingerprint density at radius 3 is 2.50 bits per heavy atom. The fourth-order valence-electron chi connectivity index (χ4n) is 3.64. The van der Waals surface area contributed by atoms with Crippen molar-refractivity contribution in [3.05, 3.63) is 41.7 Å². The van der Waals surface area contributed by atoms with Gasteiger partial charge < -0.3 is 15.5 Å². The zero-order valence-corrected chi connectivity index (χ0v) is 20.2. The number of piperazine rings is 1. The molecule has 0 amide bonds. The highest BCUT2D eigenvalue weighted by molar-refractivity contribution is 7.88. The van der Waals surface area contributed by atoms with E-state index in [1.165, 1.54) is 10.6 Å². The van der Waals surface area contributed by atoms with E-state index in [0.717, 1.165) is 38.3 Å². The van der Waals surface area contributed by atoms with Gasteiger partial charge in [-0.15, -0.1) is 0 Å². The number of hydrogen-bond donors (Lipinski definition) is 2. The molecule has 2 aromatic heterocycles. The normalized spacial score (nSPS) is 15.1. The van der Waals surface area contributed by atoms with Crippen LogP contribution in [0, 0.1) is 13.8 Å². The minimum atomic E-state index is -3.14. The van der Waals surface area contributed by atoms with Crippen molar-refractivity contribution in [2.45, 2.75) is 13.8 Å². The zero-order chi connectivity index (χ0) is 22.9. The number of thiazole rings is 1. The fourth-order valence-corrected chi connectivity index (χ4v) is 5.44. The summed E-state index contributed by atoms with van der Waals surface area (Å²) in [6.45, 7) is 6.26. The molecule has 170 valence electrons. The number of nitrogens with zero attached hydrogens (tertiary/aromatic N) is 5.